The average Bonchev–Trinajstić information content (AvgIpc) is 3.03. The molecule has 0 aliphatic heterocycles. The standard InChI is InChI=1S/C13H13N3O3.C2HF3O2/c17-13(18)11-12(15-16-14-11)19-10-6-5-8-3-1-2-4-9(8)7-10;3-2(4,5)1(6)7/h1-4,10H,5-7H2,(H,17,18)(H,14,15,16);(H,6,7). The Balaban J connectivity index is 0.000000298. The quantitative estimate of drug-likeness (QED) is 0.752. The van der Waals surface area contributed by atoms with Gasteiger partial charge in [0.1, 0.15) is 6.10 Å². The molecule has 1 heterocycles. The topological polar surface area (TPSA) is 125 Å². The Hall–Kier alpha value is -3.11. The summed E-state index contributed by atoms with van der Waals surface area (Å²) in [7, 11) is 0. The van der Waals surface area contributed by atoms with Crippen molar-refractivity contribution in [3.8, 4) is 5.88 Å². The number of aryl methyl sites for hydroxylation is 1. The fourth-order valence-electron chi connectivity index (χ4n) is 2.36. The molecule has 1 aromatic carbocycles. The molecule has 1 unspecified atom stereocenters. The van der Waals surface area contributed by atoms with Crippen LogP contribution < -0.4 is 4.74 Å². The zero-order valence-corrected chi connectivity index (χ0v) is 13.2. The lowest BCUT2D eigenvalue weighted by atomic mass is 9.90. The summed E-state index contributed by atoms with van der Waals surface area (Å²) in [6, 6.07) is 8.22. The van der Waals surface area contributed by atoms with E-state index in [1.165, 1.54) is 11.1 Å². The monoisotopic (exact) mass is 373 g/mol. The molecule has 8 nitrogen and oxygen atoms in total. The number of aromatic amines is 1. The van der Waals surface area contributed by atoms with Gasteiger partial charge in [-0.1, -0.05) is 34.6 Å². The number of carboxylic acid groups (broad SMARTS) is 2. The van der Waals surface area contributed by atoms with Crippen LogP contribution in [0.25, 0.3) is 0 Å². The van der Waals surface area contributed by atoms with Crippen LogP contribution in [0, 0.1) is 0 Å². The largest absolute Gasteiger partial charge is 0.490 e. The summed E-state index contributed by atoms with van der Waals surface area (Å²) in [4.78, 5) is 19.8. The molecular formula is C15H14F3N3O5. The molecule has 0 saturated carbocycles. The highest BCUT2D eigenvalue weighted by molar-refractivity contribution is 5.87. The fourth-order valence-corrected chi connectivity index (χ4v) is 2.36. The first-order valence-corrected chi connectivity index (χ1v) is 7.36. The van der Waals surface area contributed by atoms with Crippen LogP contribution in [0.3, 0.4) is 0 Å². The van der Waals surface area contributed by atoms with Crippen molar-refractivity contribution in [1.82, 2.24) is 15.4 Å². The smallest absolute Gasteiger partial charge is 0.476 e. The Morgan fingerprint density at radius 1 is 1.19 bits per heavy atom. The maximum absolute atomic E-state index is 10.9. The van der Waals surface area contributed by atoms with Crippen molar-refractivity contribution in [1.29, 1.82) is 0 Å². The summed E-state index contributed by atoms with van der Waals surface area (Å²) < 4.78 is 37.4. The Kier molecular flexibility index (Phi) is 5.80. The number of H-pyrrole nitrogens is 1. The first kappa shape index (κ1) is 19.2. The Morgan fingerprint density at radius 2 is 1.81 bits per heavy atom. The maximum Gasteiger partial charge on any atom is 0.490 e. The van der Waals surface area contributed by atoms with E-state index in [0.717, 1.165) is 19.3 Å². The zero-order chi connectivity index (χ0) is 19.3. The second kappa shape index (κ2) is 7.85. The van der Waals surface area contributed by atoms with Crippen molar-refractivity contribution in [2.24, 2.45) is 0 Å². The van der Waals surface area contributed by atoms with Gasteiger partial charge in [0.05, 0.1) is 0 Å². The summed E-state index contributed by atoms with van der Waals surface area (Å²) in [5, 5.41) is 25.6. The molecule has 3 rings (SSSR count). The van der Waals surface area contributed by atoms with Crippen molar-refractivity contribution in [3.63, 3.8) is 0 Å². The Bertz CT molecular complexity index is 791. The number of alkyl halides is 3. The third kappa shape index (κ3) is 4.94. The molecule has 1 aliphatic carbocycles. The predicted molar refractivity (Wildman–Crippen MR) is 79.9 cm³/mol. The molecule has 0 amide bonds. The van der Waals surface area contributed by atoms with Gasteiger partial charge in [-0.3, -0.25) is 0 Å². The van der Waals surface area contributed by atoms with Gasteiger partial charge in [0, 0.05) is 6.42 Å². The molecule has 26 heavy (non-hydrogen) atoms. The van der Waals surface area contributed by atoms with Crippen molar-refractivity contribution >= 4 is 11.9 Å². The van der Waals surface area contributed by atoms with E-state index in [1.54, 1.807) is 0 Å². The van der Waals surface area contributed by atoms with E-state index in [1.807, 2.05) is 12.1 Å². The number of carbonyl (C=O) groups is 2. The summed E-state index contributed by atoms with van der Waals surface area (Å²) in [6.45, 7) is 0. The average molecular weight is 373 g/mol. The van der Waals surface area contributed by atoms with E-state index in [2.05, 4.69) is 27.5 Å². The highest BCUT2D eigenvalue weighted by atomic mass is 19.4. The van der Waals surface area contributed by atoms with Crippen molar-refractivity contribution in [2.45, 2.75) is 31.5 Å². The van der Waals surface area contributed by atoms with Crippen LogP contribution in [0.2, 0.25) is 0 Å². The summed E-state index contributed by atoms with van der Waals surface area (Å²) in [6.07, 6.45) is -2.59. The summed E-state index contributed by atoms with van der Waals surface area (Å²) in [5.41, 5.74) is 2.49. The number of aromatic carboxylic acids is 1. The number of rotatable bonds is 3. The number of ether oxygens (including phenoxy) is 1. The van der Waals surface area contributed by atoms with Crippen LogP contribution in [0.15, 0.2) is 24.3 Å². The minimum atomic E-state index is -5.08. The van der Waals surface area contributed by atoms with Crippen LogP contribution in [0.1, 0.15) is 28.0 Å². The number of carboxylic acids is 2. The number of halogens is 3. The van der Waals surface area contributed by atoms with Crippen molar-refractivity contribution < 1.29 is 37.7 Å². The van der Waals surface area contributed by atoms with Gasteiger partial charge in [0.25, 0.3) is 5.88 Å². The Morgan fingerprint density at radius 3 is 2.38 bits per heavy atom. The van der Waals surface area contributed by atoms with Crippen LogP contribution in [-0.4, -0.2) is 49.8 Å². The van der Waals surface area contributed by atoms with Crippen LogP contribution in [0.4, 0.5) is 13.2 Å². The summed E-state index contributed by atoms with van der Waals surface area (Å²) >= 11 is 0. The number of nitrogens with zero attached hydrogens (tertiary/aromatic N) is 2. The fraction of sp³-hybridized carbons (Fsp3) is 0.333. The molecule has 0 bridgehead atoms. The molecule has 0 saturated heterocycles. The maximum atomic E-state index is 10.9. The normalized spacial score (nSPS) is 16.0. The first-order chi connectivity index (χ1) is 12.2. The number of fused-ring (bicyclic) bond motifs is 1. The Labute approximate surface area is 144 Å². The van der Waals surface area contributed by atoms with Crippen LogP contribution in [0.5, 0.6) is 5.88 Å². The molecule has 1 aliphatic rings. The SMILES string of the molecule is O=C(O)C(F)(F)F.O=C(O)c1[nH]nnc1OC1CCc2ccccc2C1. The van der Waals surface area contributed by atoms with E-state index >= 15 is 0 Å². The first-order valence-electron chi connectivity index (χ1n) is 7.36. The number of hydrogen-bond acceptors (Lipinski definition) is 5. The van der Waals surface area contributed by atoms with Gasteiger partial charge in [-0.15, -0.1) is 0 Å². The number of nitrogens with one attached hydrogen (secondary N) is 1. The van der Waals surface area contributed by atoms with Gasteiger partial charge in [0.2, 0.25) is 5.69 Å². The second-order valence-corrected chi connectivity index (χ2v) is 5.35. The number of aliphatic carboxylic acids is 1. The van der Waals surface area contributed by atoms with Gasteiger partial charge in [-0.2, -0.15) is 13.2 Å². The van der Waals surface area contributed by atoms with Gasteiger partial charge in [0.15, 0.2) is 0 Å². The molecular weight excluding hydrogens is 359 g/mol. The number of benzene rings is 1. The molecule has 3 N–H and O–H groups in total. The van der Waals surface area contributed by atoms with E-state index in [9.17, 15) is 18.0 Å². The lowest BCUT2D eigenvalue weighted by Crippen LogP contribution is -2.26. The van der Waals surface area contributed by atoms with Crippen molar-refractivity contribution in [2.75, 3.05) is 0 Å². The minimum Gasteiger partial charge on any atom is -0.476 e. The van der Waals surface area contributed by atoms with E-state index in [4.69, 9.17) is 19.7 Å². The highest BCUT2D eigenvalue weighted by Gasteiger charge is 2.38. The van der Waals surface area contributed by atoms with Gasteiger partial charge >= 0.3 is 18.1 Å². The highest BCUT2D eigenvalue weighted by Crippen LogP contribution is 2.24. The number of hydrogen-bond donors (Lipinski definition) is 3. The number of aromatic nitrogens is 3. The van der Waals surface area contributed by atoms with E-state index in [0.29, 0.717) is 0 Å². The van der Waals surface area contributed by atoms with Crippen LogP contribution >= 0.6 is 0 Å². The molecule has 140 valence electrons. The van der Waals surface area contributed by atoms with E-state index in [-0.39, 0.29) is 17.7 Å². The third-order valence-corrected chi connectivity index (χ3v) is 3.55. The predicted octanol–water partition coefficient (Wildman–Crippen LogP) is 2.07. The zero-order valence-electron chi connectivity index (χ0n) is 13.2. The van der Waals surface area contributed by atoms with Crippen LogP contribution in [-0.2, 0) is 17.6 Å². The van der Waals surface area contributed by atoms with Gasteiger partial charge < -0.3 is 14.9 Å². The molecule has 2 aromatic rings. The lowest BCUT2D eigenvalue weighted by molar-refractivity contribution is -0.192. The molecule has 1 atom stereocenters. The second-order valence-electron chi connectivity index (χ2n) is 5.35. The molecule has 0 fully saturated rings. The molecule has 1 aromatic heterocycles. The third-order valence-electron chi connectivity index (χ3n) is 3.55. The van der Waals surface area contributed by atoms with Gasteiger partial charge in [-0.05, 0) is 24.0 Å². The molecule has 0 spiro atoms. The van der Waals surface area contributed by atoms with E-state index < -0.39 is 18.1 Å². The molecule has 0 radical (unpaired) electrons. The van der Waals surface area contributed by atoms with Crippen molar-refractivity contribution in [3.05, 3.63) is 41.1 Å². The summed E-state index contributed by atoms with van der Waals surface area (Å²) in [5.74, 6) is -3.81. The molecule has 11 heteroatoms. The lowest BCUT2D eigenvalue weighted by Gasteiger charge is -2.24. The van der Waals surface area contributed by atoms with Gasteiger partial charge in [-0.25, -0.2) is 14.7 Å². The minimum absolute atomic E-state index is 0.0573.